The van der Waals surface area contributed by atoms with E-state index in [9.17, 15) is 4.79 Å². The smallest absolute Gasteiger partial charge is 0.260 e. The van der Waals surface area contributed by atoms with E-state index >= 15 is 0 Å². The van der Waals surface area contributed by atoms with Crippen molar-refractivity contribution >= 4 is 17.5 Å². The molecule has 21 heavy (non-hydrogen) atoms. The first kappa shape index (κ1) is 16.1. The lowest BCUT2D eigenvalue weighted by atomic mass is 10.2. The van der Waals surface area contributed by atoms with Gasteiger partial charge in [-0.2, -0.15) is 0 Å². The van der Waals surface area contributed by atoms with Gasteiger partial charge >= 0.3 is 0 Å². The fourth-order valence-corrected chi connectivity index (χ4v) is 2.74. The Morgan fingerprint density at radius 2 is 2.38 bits per heavy atom. The first-order valence-corrected chi connectivity index (χ1v) is 7.96. The molecule has 1 N–H and O–H groups in total. The van der Waals surface area contributed by atoms with Gasteiger partial charge < -0.3 is 15.0 Å². The van der Waals surface area contributed by atoms with Crippen LogP contribution in [-0.4, -0.2) is 43.1 Å². The van der Waals surface area contributed by atoms with Crippen molar-refractivity contribution in [3.63, 3.8) is 0 Å². The highest BCUT2D eigenvalue weighted by Crippen LogP contribution is 2.17. The summed E-state index contributed by atoms with van der Waals surface area (Å²) in [4.78, 5) is 14.2. The molecule has 4 nitrogen and oxygen atoms in total. The molecule has 5 heteroatoms. The number of carbonyl (C=O) groups is 1. The molecule has 1 aromatic carbocycles. The Balaban J connectivity index is 1.85. The van der Waals surface area contributed by atoms with Crippen molar-refractivity contribution in [2.45, 2.75) is 32.2 Å². The number of halogens is 1. The Kier molecular flexibility index (Phi) is 6.33. The van der Waals surface area contributed by atoms with Gasteiger partial charge in [0.25, 0.3) is 5.91 Å². The van der Waals surface area contributed by atoms with E-state index in [2.05, 4.69) is 12.2 Å². The molecule has 0 radical (unpaired) electrons. The van der Waals surface area contributed by atoms with Gasteiger partial charge in [0.1, 0.15) is 5.75 Å². The maximum absolute atomic E-state index is 12.3. The molecule has 1 unspecified atom stereocenters. The summed E-state index contributed by atoms with van der Waals surface area (Å²) in [6.45, 7) is 4.74. The number of nitrogens with zero attached hydrogens (tertiary/aromatic N) is 1. The van der Waals surface area contributed by atoms with Gasteiger partial charge in [0.05, 0.1) is 0 Å². The topological polar surface area (TPSA) is 41.6 Å². The quantitative estimate of drug-likeness (QED) is 0.842. The van der Waals surface area contributed by atoms with Crippen LogP contribution in [0.25, 0.3) is 0 Å². The summed E-state index contributed by atoms with van der Waals surface area (Å²) in [5, 5.41) is 4.04. The molecule has 0 bridgehead atoms. The first-order valence-electron chi connectivity index (χ1n) is 7.58. The molecule has 1 amide bonds. The van der Waals surface area contributed by atoms with Crippen molar-refractivity contribution in [1.82, 2.24) is 10.2 Å². The van der Waals surface area contributed by atoms with Crippen LogP contribution in [0.5, 0.6) is 5.75 Å². The van der Waals surface area contributed by atoms with Crippen molar-refractivity contribution in [2.75, 3.05) is 26.2 Å². The number of nitrogens with one attached hydrogen (secondary N) is 1. The van der Waals surface area contributed by atoms with E-state index in [1.54, 1.807) is 12.1 Å². The first-order chi connectivity index (χ1) is 10.2. The number of amides is 1. The number of carbonyl (C=O) groups excluding carboxylic acids is 1. The van der Waals surface area contributed by atoms with E-state index in [1.807, 2.05) is 17.0 Å². The van der Waals surface area contributed by atoms with Gasteiger partial charge in [0, 0.05) is 24.2 Å². The van der Waals surface area contributed by atoms with E-state index in [4.69, 9.17) is 16.3 Å². The molecular formula is C16H23ClN2O2. The van der Waals surface area contributed by atoms with E-state index in [0.29, 0.717) is 16.8 Å². The molecule has 2 rings (SSSR count). The monoisotopic (exact) mass is 310 g/mol. The summed E-state index contributed by atoms with van der Waals surface area (Å²) in [5.74, 6) is 0.664. The van der Waals surface area contributed by atoms with Crippen LogP contribution in [0.4, 0.5) is 0 Å². The third-order valence-electron chi connectivity index (χ3n) is 3.61. The lowest BCUT2D eigenvalue weighted by molar-refractivity contribution is -0.133. The van der Waals surface area contributed by atoms with Crippen LogP contribution in [0, 0.1) is 0 Å². The standard InChI is InChI=1S/C16H23ClN2O2/c1-2-9-19(11-14-6-4-8-18-14)16(20)12-21-15-7-3-5-13(17)10-15/h3,5,7,10,14,18H,2,4,6,8-9,11-12H2,1H3. The Hall–Kier alpha value is -1.26. The summed E-state index contributed by atoms with van der Waals surface area (Å²) in [6.07, 6.45) is 3.29. The molecule has 0 aliphatic carbocycles. The predicted molar refractivity (Wildman–Crippen MR) is 84.8 cm³/mol. The van der Waals surface area contributed by atoms with Crippen molar-refractivity contribution < 1.29 is 9.53 Å². The van der Waals surface area contributed by atoms with Crippen LogP contribution >= 0.6 is 11.6 Å². The van der Waals surface area contributed by atoms with E-state index in [-0.39, 0.29) is 12.5 Å². The number of ether oxygens (including phenoxy) is 1. The van der Waals surface area contributed by atoms with Gasteiger partial charge in [-0.25, -0.2) is 0 Å². The molecule has 0 saturated carbocycles. The lowest BCUT2D eigenvalue weighted by Crippen LogP contribution is -2.43. The zero-order chi connectivity index (χ0) is 15.1. The van der Waals surface area contributed by atoms with Gasteiger partial charge in [0.15, 0.2) is 6.61 Å². The SMILES string of the molecule is CCCN(CC1CCCN1)C(=O)COc1cccc(Cl)c1. The average Bonchev–Trinajstić information content (AvgIpc) is 2.97. The van der Waals surface area contributed by atoms with Crippen molar-refractivity contribution in [2.24, 2.45) is 0 Å². The Bertz CT molecular complexity index is 461. The molecule has 1 aromatic rings. The lowest BCUT2D eigenvalue weighted by Gasteiger charge is -2.25. The van der Waals surface area contributed by atoms with Gasteiger partial charge in [-0.1, -0.05) is 24.6 Å². The minimum Gasteiger partial charge on any atom is -0.484 e. The molecule has 1 heterocycles. The summed E-state index contributed by atoms with van der Waals surface area (Å²) >= 11 is 5.90. The van der Waals surface area contributed by atoms with Crippen molar-refractivity contribution in [3.05, 3.63) is 29.3 Å². The number of hydrogen-bond acceptors (Lipinski definition) is 3. The van der Waals surface area contributed by atoms with E-state index in [1.165, 1.54) is 6.42 Å². The zero-order valence-corrected chi connectivity index (χ0v) is 13.2. The van der Waals surface area contributed by atoms with Gasteiger partial charge in [0.2, 0.25) is 0 Å². The maximum atomic E-state index is 12.3. The number of rotatable bonds is 7. The highest BCUT2D eigenvalue weighted by molar-refractivity contribution is 6.30. The molecule has 1 fully saturated rings. The van der Waals surface area contributed by atoms with Crippen LogP contribution in [0.1, 0.15) is 26.2 Å². The van der Waals surface area contributed by atoms with Gasteiger partial charge in [-0.05, 0) is 44.0 Å². The summed E-state index contributed by atoms with van der Waals surface area (Å²) < 4.78 is 5.54. The van der Waals surface area contributed by atoms with Crippen LogP contribution in [-0.2, 0) is 4.79 Å². The maximum Gasteiger partial charge on any atom is 0.260 e. The second kappa shape index (κ2) is 8.25. The summed E-state index contributed by atoms with van der Waals surface area (Å²) in [7, 11) is 0. The van der Waals surface area contributed by atoms with E-state index < -0.39 is 0 Å². The van der Waals surface area contributed by atoms with Crippen LogP contribution in [0.2, 0.25) is 5.02 Å². The zero-order valence-electron chi connectivity index (χ0n) is 12.5. The second-order valence-electron chi connectivity index (χ2n) is 5.38. The van der Waals surface area contributed by atoms with Gasteiger partial charge in [-0.15, -0.1) is 0 Å². The summed E-state index contributed by atoms with van der Waals surface area (Å²) in [6, 6.07) is 7.55. The fraction of sp³-hybridized carbons (Fsp3) is 0.562. The van der Waals surface area contributed by atoms with Crippen LogP contribution in [0.3, 0.4) is 0 Å². The molecule has 1 aliphatic heterocycles. The van der Waals surface area contributed by atoms with E-state index in [0.717, 1.165) is 32.5 Å². The number of hydrogen-bond donors (Lipinski definition) is 1. The van der Waals surface area contributed by atoms with Crippen molar-refractivity contribution in [3.8, 4) is 5.75 Å². The van der Waals surface area contributed by atoms with Crippen molar-refractivity contribution in [1.29, 1.82) is 0 Å². The molecule has 1 atom stereocenters. The average molecular weight is 311 g/mol. The summed E-state index contributed by atoms with van der Waals surface area (Å²) in [5.41, 5.74) is 0. The third kappa shape index (κ3) is 5.21. The second-order valence-corrected chi connectivity index (χ2v) is 5.82. The molecule has 1 aliphatic rings. The minimum absolute atomic E-state index is 0.0329. The molecule has 0 spiro atoms. The third-order valence-corrected chi connectivity index (χ3v) is 3.84. The molecular weight excluding hydrogens is 288 g/mol. The minimum atomic E-state index is 0.0329. The van der Waals surface area contributed by atoms with Crippen LogP contribution in [0.15, 0.2) is 24.3 Å². The molecule has 0 aromatic heterocycles. The normalized spacial score (nSPS) is 17.7. The Morgan fingerprint density at radius 1 is 1.52 bits per heavy atom. The Labute approximate surface area is 131 Å². The predicted octanol–water partition coefficient (Wildman–Crippen LogP) is 2.71. The fourth-order valence-electron chi connectivity index (χ4n) is 2.56. The molecule has 1 saturated heterocycles. The Morgan fingerprint density at radius 3 is 3.05 bits per heavy atom. The highest BCUT2D eigenvalue weighted by atomic mass is 35.5. The molecule has 116 valence electrons. The number of benzene rings is 1. The largest absolute Gasteiger partial charge is 0.484 e. The van der Waals surface area contributed by atoms with Gasteiger partial charge in [-0.3, -0.25) is 4.79 Å². The van der Waals surface area contributed by atoms with Crippen LogP contribution < -0.4 is 10.1 Å². The highest BCUT2D eigenvalue weighted by Gasteiger charge is 2.21.